The van der Waals surface area contributed by atoms with Gasteiger partial charge in [-0.15, -0.1) is 0 Å². The van der Waals surface area contributed by atoms with E-state index in [2.05, 4.69) is 24.2 Å². The molecule has 0 fully saturated rings. The van der Waals surface area contributed by atoms with Gasteiger partial charge in [0, 0.05) is 13.3 Å². The number of hydrazone groups is 1. The number of hydrogen-bond acceptors (Lipinski definition) is 3. The maximum absolute atomic E-state index is 12.2. The van der Waals surface area contributed by atoms with Gasteiger partial charge in [-0.3, -0.25) is 4.79 Å². The second kappa shape index (κ2) is 13.8. The van der Waals surface area contributed by atoms with E-state index in [-0.39, 0.29) is 11.9 Å². The fourth-order valence-corrected chi connectivity index (χ4v) is 4.43. The highest BCUT2D eigenvalue weighted by Gasteiger charge is 2.31. The van der Waals surface area contributed by atoms with Crippen molar-refractivity contribution in [2.45, 2.75) is 90.5 Å². The first-order chi connectivity index (χ1) is 16.2. The summed E-state index contributed by atoms with van der Waals surface area (Å²) in [6.07, 6.45) is 14.0. The van der Waals surface area contributed by atoms with Crippen molar-refractivity contribution in [3.05, 3.63) is 65.7 Å². The largest absolute Gasteiger partial charge is 0.494 e. The standard InChI is InChI=1S/C29H40N2O2/c1-3-4-5-6-7-8-9-10-11-15-22-33-27-20-18-26(19-21-27)29-23-28(30-31(29)24(2)32)25-16-13-12-14-17-25/h12-14,16-21,29H,3-11,15,22-23H2,1-2H3. The Hall–Kier alpha value is -2.62. The van der Waals surface area contributed by atoms with E-state index in [9.17, 15) is 4.79 Å². The van der Waals surface area contributed by atoms with Gasteiger partial charge in [-0.25, -0.2) is 5.01 Å². The molecule has 0 aromatic heterocycles. The smallest absolute Gasteiger partial charge is 0.240 e. The first kappa shape index (κ1) is 25.0. The summed E-state index contributed by atoms with van der Waals surface area (Å²) in [6, 6.07) is 18.2. The molecule has 1 heterocycles. The number of rotatable bonds is 14. The Labute approximate surface area is 200 Å². The predicted octanol–water partition coefficient (Wildman–Crippen LogP) is 7.68. The van der Waals surface area contributed by atoms with Crippen LogP contribution in [0, 0.1) is 0 Å². The van der Waals surface area contributed by atoms with Crippen molar-refractivity contribution in [2.75, 3.05) is 6.61 Å². The molecule has 0 saturated heterocycles. The van der Waals surface area contributed by atoms with Gasteiger partial charge in [0.15, 0.2) is 0 Å². The van der Waals surface area contributed by atoms with Crippen molar-refractivity contribution < 1.29 is 9.53 Å². The van der Waals surface area contributed by atoms with Gasteiger partial charge >= 0.3 is 0 Å². The van der Waals surface area contributed by atoms with E-state index in [0.29, 0.717) is 0 Å². The molecule has 1 aliphatic heterocycles. The monoisotopic (exact) mass is 448 g/mol. The minimum atomic E-state index is -0.0614. The molecule has 0 aliphatic carbocycles. The van der Waals surface area contributed by atoms with Crippen LogP contribution in [0.3, 0.4) is 0 Å². The van der Waals surface area contributed by atoms with E-state index < -0.39 is 0 Å². The number of hydrogen-bond donors (Lipinski definition) is 0. The summed E-state index contributed by atoms with van der Waals surface area (Å²) in [6.45, 7) is 4.61. The zero-order chi connectivity index (χ0) is 23.3. The lowest BCUT2D eigenvalue weighted by Crippen LogP contribution is -2.24. The van der Waals surface area contributed by atoms with Crippen molar-refractivity contribution in [1.29, 1.82) is 0 Å². The first-order valence-corrected chi connectivity index (χ1v) is 12.8. The second-order valence-corrected chi connectivity index (χ2v) is 9.10. The van der Waals surface area contributed by atoms with Crippen molar-refractivity contribution in [2.24, 2.45) is 5.10 Å². The summed E-state index contributed by atoms with van der Waals surface area (Å²) in [4.78, 5) is 12.2. The van der Waals surface area contributed by atoms with E-state index in [4.69, 9.17) is 4.74 Å². The first-order valence-electron chi connectivity index (χ1n) is 12.8. The minimum Gasteiger partial charge on any atom is -0.494 e. The molecule has 0 N–H and O–H groups in total. The Bertz CT molecular complexity index is 861. The second-order valence-electron chi connectivity index (χ2n) is 9.10. The minimum absolute atomic E-state index is 0.0350. The van der Waals surface area contributed by atoms with Crippen LogP contribution in [-0.2, 0) is 4.79 Å². The Morgan fingerprint density at radius 2 is 1.48 bits per heavy atom. The van der Waals surface area contributed by atoms with Gasteiger partial charge < -0.3 is 4.74 Å². The average Bonchev–Trinajstić information content (AvgIpc) is 3.29. The van der Waals surface area contributed by atoms with Gasteiger partial charge in [0.1, 0.15) is 5.75 Å². The van der Waals surface area contributed by atoms with Crippen LogP contribution in [0.1, 0.15) is 102 Å². The van der Waals surface area contributed by atoms with Crippen LogP contribution in [-0.4, -0.2) is 23.2 Å². The van der Waals surface area contributed by atoms with Crippen molar-refractivity contribution in [3.8, 4) is 5.75 Å². The highest BCUT2D eigenvalue weighted by atomic mass is 16.5. The summed E-state index contributed by atoms with van der Waals surface area (Å²) in [5, 5.41) is 6.23. The average molecular weight is 449 g/mol. The van der Waals surface area contributed by atoms with Gasteiger partial charge in [0.05, 0.1) is 18.4 Å². The van der Waals surface area contributed by atoms with E-state index >= 15 is 0 Å². The normalized spacial score (nSPS) is 15.5. The lowest BCUT2D eigenvalue weighted by Gasteiger charge is -2.20. The van der Waals surface area contributed by atoms with Crippen LogP contribution in [0.25, 0.3) is 0 Å². The molecule has 33 heavy (non-hydrogen) atoms. The molecule has 178 valence electrons. The Kier molecular flexibility index (Phi) is 10.5. The molecular formula is C29H40N2O2. The summed E-state index contributed by atoms with van der Waals surface area (Å²) in [7, 11) is 0. The Morgan fingerprint density at radius 1 is 0.879 bits per heavy atom. The molecule has 1 amide bonds. The molecule has 1 unspecified atom stereocenters. The van der Waals surface area contributed by atoms with E-state index in [0.717, 1.165) is 42.0 Å². The molecule has 2 aromatic carbocycles. The molecule has 2 aromatic rings. The lowest BCUT2D eigenvalue weighted by atomic mass is 9.98. The summed E-state index contributed by atoms with van der Waals surface area (Å²) in [5.74, 6) is 0.860. The predicted molar refractivity (Wildman–Crippen MR) is 137 cm³/mol. The number of unbranched alkanes of at least 4 members (excludes halogenated alkanes) is 9. The topological polar surface area (TPSA) is 41.9 Å². The molecule has 1 atom stereocenters. The van der Waals surface area contributed by atoms with Crippen LogP contribution in [0.4, 0.5) is 0 Å². The number of amides is 1. The molecule has 4 nitrogen and oxygen atoms in total. The highest BCUT2D eigenvalue weighted by Crippen LogP contribution is 2.33. The van der Waals surface area contributed by atoms with Gasteiger partial charge in [0.2, 0.25) is 5.91 Å². The zero-order valence-electron chi connectivity index (χ0n) is 20.5. The van der Waals surface area contributed by atoms with Crippen LogP contribution < -0.4 is 4.74 Å². The Balaban J connectivity index is 1.39. The SMILES string of the molecule is CCCCCCCCCCCCOc1ccc(C2CC(c3ccccc3)=NN2C(C)=O)cc1. The molecule has 1 aliphatic rings. The van der Waals surface area contributed by atoms with Crippen LogP contribution >= 0.6 is 0 Å². The number of nitrogens with zero attached hydrogens (tertiary/aromatic N) is 2. The fourth-order valence-electron chi connectivity index (χ4n) is 4.43. The molecule has 3 rings (SSSR count). The molecule has 0 saturated carbocycles. The number of carbonyl (C=O) groups is 1. The van der Waals surface area contributed by atoms with E-state index in [1.807, 2.05) is 42.5 Å². The highest BCUT2D eigenvalue weighted by molar-refractivity contribution is 6.03. The molecular weight excluding hydrogens is 408 g/mol. The van der Waals surface area contributed by atoms with Crippen LogP contribution in [0.15, 0.2) is 59.7 Å². The van der Waals surface area contributed by atoms with Gasteiger partial charge in [-0.1, -0.05) is 107 Å². The van der Waals surface area contributed by atoms with Gasteiger partial charge in [-0.05, 0) is 29.7 Å². The molecule has 0 spiro atoms. The van der Waals surface area contributed by atoms with Crippen LogP contribution in [0.2, 0.25) is 0 Å². The maximum Gasteiger partial charge on any atom is 0.240 e. The third-order valence-corrected chi connectivity index (χ3v) is 6.37. The summed E-state index contributed by atoms with van der Waals surface area (Å²) >= 11 is 0. The van der Waals surface area contributed by atoms with Gasteiger partial charge in [-0.2, -0.15) is 5.10 Å². The Morgan fingerprint density at radius 3 is 2.09 bits per heavy atom. The number of benzene rings is 2. The number of ether oxygens (including phenoxy) is 1. The number of carbonyl (C=O) groups excluding carboxylic acids is 1. The van der Waals surface area contributed by atoms with Crippen LogP contribution in [0.5, 0.6) is 5.75 Å². The van der Waals surface area contributed by atoms with E-state index in [1.165, 1.54) is 57.8 Å². The molecule has 0 bridgehead atoms. The van der Waals surface area contributed by atoms with E-state index in [1.54, 1.807) is 11.9 Å². The third kappa shape index (κ3) is 8.03. The van der Waals surface area contributed by atoms with Crippen molar-refractivity contribution in [1.82, 2.24) is 5.01 Å². The molecule has 4 heteroatoms. The zero-order valence-corrected chi connectivity index (χ0v) is 20.5. The van der Waals surface area contributed by atoms with Crippen molar-refractivity contribution in [3.63, 3.8) is 0 Å². The van der Waals surface area contributed by atoms with Gasteiger partial charge in [0.25, 0.3) is 0 Å². The summed E-state index contributed by atoms with van der Waals surface area (Å²) in [5.41, 5.74) is 3.12. The molecule has 0 radical (unpaired) electrons. The quantitative estimate of drug-likeness (QED) is 0.278. The summed E-state index contributed by atoms with van der Waals surface area (Å²) < 4.78 is 5.95. The van der Waals surface area contributed by atoms with Crippen molar-refractivity contribution >= 4 is 11.6 Å². The fraction of sp³-hybridized carbons (Fsp3) is 0.517. The maximum atomic E-state index is 12.2. The lowest BCUT2D eigenvalue weighted by molar-refractivity contribution is -0.130. The third-order valence-electron chi connectivity index (χ3n) is 6.37.